The van der Waals surface area contributed by atoms with Gasteiger partial charge < -0.3 is 9.47 Å². The molecule has 2 nitrogen and oxygen atoms in total. The van der Waals surface area contributed by atoms with Crippen molar-refractivity contribution in [3.05, 3.63) is 0 Å². The Hall–Kier alpha value is -0.0800. The highest BCUT2D eigenvalue weighted by molar-refractivity contribution is 4.78. The highest BCUT2D eigenvalue weighted by Crippen LogP contribution is 2.34. The molecule has 0 spiro atoms. The first-order chi connectivity index (χ1) is 12.5. The lowest BCUT2D eigenvalue weighted by molar-refractivity contribution is -0.281. The summed E-state index contributed by atoms with van der Waals surface area (Å²) in [4.78, 5) is 0. The molecule has 1 unspecified atom stereocenters. The largest absolute Gasteiger partial charge is 0.349 e. The van der Waals surface area contributed by atoms with Gasteiger partial charge in [-0.1, -0.05) is 112 Å². The normalized spacial score (nSPS) is 24.1. The van der Waals surface area contributed by atoms with Crippen molar-refractivity contribution in [3.8, 4) is 0 Å². The van der Waals surface area contributed by atoms with Crippen molar-refractivity contribution in [1.82, 2.24) is 0 Å². The smallest absolute Gasteiger partial charge is 0.163 e. The molecule has 0 aliphatic carbocycles. The summed E-state index contributed by atoms with van der Waals surface area (Å²) in [5.41, 5.74) is 0.0691. The molecule has 1 saturated heterocycles. The Labute approximate surface area is 164 Å². The summed E-state index contributed by atoms with van der Waals surface area (Å²) in [5, 5.41) is 0. The number of hydrogen-bond donors (Lipinski definition) is 0. The Morgan fingerprint density at radius 2 is 1.00 bits per heavy atom. The minimum absolute atomic E-state index is 0.0357. The van der Waals surface area contributed by atoms with Crippen LogP contribution in [-0.2, 0) is 9.47 Å². The monoisotopic (exact) mass is 368 g/mol. The van der Waals surface area contributed by atoms with Gasteiger partial charge in [0.1, 0.15) is 0 Å². The average molecular weight is 369 g/mol. The van der Waals surface area contributed by atoms with Crippen LogP contribution < -0.4 is 0 Å². The first kappa shape index (κ1) is 24.0. The lowest BCUT2D eigenvalue weighted by Gasteiger charge is -2.42. The van der Waals surface area contributed by atoms with E-state index in [1.165, 1.54) is 89.9 Å². The molecule has 0 amide bonds. The zero-order valence-electron chi connectivity index (χ0n) is 18.7. The molecule has 0 radical (unpaired) electrons. The summed E-state index contributed by atoms with van der Waals surface area (Å²) >= 11 is 0. The van der Waals surface area contributed by atoms with Gasteiger partial charge in [0.15, 0.2) is 6.29 Å². The van der Waals surface area contributed by atoms with E-state index in [9.17, 15) is 0 Å². The SMILES string of the molecule is CCCCCCCCCC[C@H]1C[C@H](CCCCCC)OC(C(C)(C)C)O1. The lowest BCUT2D eigenvalue weighted by Crippen LogP contribution is -2.44. The standard InChI is InChI=1S/C24H48O2/c1-6-8-10-12-13-14-15-17-19-22-20-21(18-16-11-9-7-2)25-23(26-22)24(3,4)5/h21-23H,6-20H2,1-5H3/t21-,22-,23?/m0/s1. The van der Waals surface area contributed by atoms with Gasteiger partial charge >= 0.3 is 0 Å². The second-order valence-corrected chi connectivity index (χ2v) is 9.56. The van der Waals surface area contributed by atoms with E-state index < -0.39 is 0 Å². The molecule has 2 heteroatoms. The molecule has 1 rings (SSSR count). The van der Waals surface area contributed by atoms with Gasteiger partial charge in [0.05, 0.1) is 12.2 Å². The fourth-order valence-corrected chi connectivity index (χ4v) is 3.87. The third-order valence-electron chi connectivity index (χ3n) is 5.62. The summed E-state index contributed by atoms with van der Waals surface area (Å²) in [6, 6.07) is 0. The highest BCUT2D eigenvalue weighted by Gasteiger charge is 2.36. The first-order valence-corrected chi connectivity index (χ1v) is 11.8. The predicted molar refractivity (Wildman–Crippen MR) is 114 cm³/mol. The molecule has 0 aromatic rings. The molecule has 1 aliphatic heterocycles. The van der Waals surface area contributed by atoms with E-state index in [2.05, 4.69) is 34.6 Å². The maximum Gasteiger partial charge on any atom is 0.163 e. The van der Waals surface area contributed by atoms with E-state index in [1.807, 2.05) is 0 Å². The van der Waals surface area contributed by atoms with Gasteiger partial charge in [-0.3, -0.25) is 0 Å². The van der Waals surface area contributed by atoms with Gasteiger partial charge in [0.2, 0.25) is 0 Å². The molecule has 3 atom stereocenters. The Kier molecular flexibility index (Phi) is 12.9. The van der Waals surface area contributed by atoms with Crippen LogP contribution in [0.25, 0.3) is 0 Å². The fraction of sp³-hybridized carbons (Fsp3) is 1.00. The molecule has 0 bridgehead atoms. The third kappa shape index (κ3) is 10.9. The average Bonchev–Trinajstić information content (AvgIpc) is 2.60. The number of rotatable bonds is 14. The van der Waals surface area contributed by atoms with Crippen LogP contribution in [0.5, 0.6) is 0 Å². The van der Waals surface area contributed by atoms with E-state index in [0.717, 1.165) is 6.42 Å². The quantitative estimate of drug-likeness (QED) is 0.289. The van der Waals surface area contributed by atoms with Crippen LogP contribution in [0.15, 0.2) is 0 Å². The van der Waals surface area contributed by atoms with Gasteiger partial charge in [-0.2, -0.15) is 0 Å². The van der Waals surface area contributed by atoms with Crippen molar-refractivity contribution in [3.63, 3.8) is 0 Å². The summed E-state index contributed by atoms with van der Waals surface area (Å²) in [6.45, 7) is 11.3. The molecule has 0 N–H and O–H groups in total. The Bertz CT molecular complexity index is 321. The molecule has 0 saturated carbocycles. The first-order valence-electron chi connectivity index (χ1n) is 11.8. The van der Waals surface area contributed by atoms with E-state index in [0.29, 0.717) is 12.2 Å². The lowest BCUT2D eigenvalue weighted by atomic mass is 9.92. The van der Waals surface area contributed by atoms with Crippen molar-refractivity contribution >= 4 is 0 Å². The Morgan fingerprint density at radius 1 is 0.615 bits per heavy atom. The zero-order chi connectivity index (χ0) is 19.3. The summed E-state index contributed by atoms with van der Waals surface area (Å²) in [7, 11) is 0. The maximum absolute atomic E-state index is 6.35. The van der Waals surface area contributed by atoms with Crippen LogP contribution in [0.2, 0.25) is 0 Å². The predicted octanol–water partition coefficient (Wildman–Crippen LogP) is 8.03. The number of hydrogen-bond acceptors (Lipinski definition) is 2. The summed E-state index contributed by atoms with van der Waals surface area (Å²) in [5.74, 6) is 0. The molecule has 0 aromatic carbocycles. The van der Waals surface area contributed by atoms with Crippen molar-refractivity contribution in [1.29, 1.82) is 0 Å². The minimum atomic E-state index is -0.0357. The van der Waals surface area contributed by atoms with E-state index in [1.54, 1.807) is 0 Å². The summed E-state index contributed by atoms with van der Waals surface area (Å²) in [6.07, 6.45) is 20.7. The van der Waals surface area contributed by atoms with Gasteiger partial charge in [-0.25, -0.2) is 0 Å². The number of unbranched alkanes of at least 4 members (excludes halogenated alkanes) is 10. The van der Waals surface area contributed by atoms with Gasteiger partial charge in [-0.15, -0.1) is 0 Å². The van der Waals surface area contributed by atoms with Gasteiger partial charge in [-0.05, 0) is 19.3 Å². The van der Waals surface area contributed by atoms with Crippen LogP contribution in [0.4, 0.5) is 0 Å². The highest BCUT2D eigenvalue weighted by atomic mass is 16.7. The van der Waals surface area contributed by atoms with E-state index in [4.69, 9.17) is 9.47 Å². The minimum Gasteiger partial charge on any atom is -0.349 e. The fourth-order valence-electron chi connectivity index (χ4n) is 3.87. The Morgan fingerprint density at radius 3 is 1.42 bits per heavy atom. The zero-order valence-corrected chi connectivity index (χ0v) is 18.7. The van der Waals surface area contributed by atoms with Crippen molar-refractivity contribution < 1.29 is 9.47 Å². The molecular weight excluding hydrogens is 320 g/mol. The second-order valence-electron chi connectivity index (χ2n) is 9.56. The summed E-state index contributed by atoms with van der Waals surface area (Å²) < 4.78 is 12.7. The van der Waals surface area contributed by atoms with Crippen molar-refractivity contribution in [2.24, 2.45) is 5.41 Å². The molecule has 156 valence electrons. The van der Waals surface area contributed by atoms with E-state index >= 15 is 0 Å². The molecule has 26 heavy (non-hydrogen) atoms. The third-order valence-corrected chi connectivity index (χ3v) is 5.62. The molecule has 1 aliphatic rings. The van der Waals surface area contributed by atoms with Crippen molar-refractivity contribution in [2.75, 3.05) is 0 Å². The Balaban J connectivity index is 2.28. The van der Waals surface area contributed by atoms with Crippen LogP contribution in [0.3, 0.4) is 0 Å². The van der Waals surface area contributed by atoms with Gasteiger partial charge in [0.25, 0.3) is 0 Å². The second kappa shape index (κ2) is 14.0. The van der Waals surface area contributed by atoms with Gasteiger partial charge in [0, 0.05) is 5.41 Å². The van der Waals surface area contributed by atoms with Crippen LogP contribution in [0.1, 0.15) is 131 Å². The topological polar surface area (TPSA) is 18.5 Å². The van der Waals surface area contributed by atoms with Crippen LogP contribution in [-0.4, -0.2) is 18.5 Å². The van der Waals surface area contributed by atoms with Crippen LogP contribution >= 0.6 is 0 Å². The molecular formula is C24H48O2. The molecule has 1 heterocycles. The number of ether oxygens (including phenoxy) is 2. The maximum atomic E-state index is 6.35. The van der Waals surface area contributed by atoms with Crippen molar-refractivity contribution in [2.45, 2.75) is 149 Å². The molecule has 1 fully saturated rings. The molecule has 0 aromatic heterocycles. The van der Waals surface area contributed by atoms with E-state index in [-0.39, 0.29) is 11.7 Å². The van der Waals surface area contributed by atoms with Crippen LogP contribution in [0, 0.1) is 5.41 Å².